The normalized spacial score (nSPS) is 18.5. The molecule has 1 amide bonds. The van der Waals surface area contributed by atoms with E-state index in [0.29, 0.717) is 12.7 Å². The van der Waals surface area contributed by atoms with Crippen molar-refractivity contribution in [2.75, 3.05) is 11.6 Å². The van der Waals surface area contributed by atoms with E-state index >= 15 is 0 Å². The molecule has 0 spiro atoms. The second-order valence-electron chi connectivity index (χ2n) is 8.26. The average Bonchev–Trinajstić information content (AvgIpc) is 2.74. The lowest BCUT2D eigenvalue weighted by atomic mass is 9.85. The van der Waals surface area contributed by atoms with Gasteiger partial charge >= 0.3 is 0 Å². The molecule has 1 saturated carbocycles. The lowest BCUT2D eigenvalue weighted by molar-refractivity contribution is 0.0949. The molecule has 1 aliphatic heterocycles. The molecule has 4 rings (SSSR count). The number of nitrogens with one attached hydrogen (secondary N) is 2. The van der Waals surface area contributed by atoms with Crippen molar-refractivity contribution < 1.29 is 4.79 Å². The van der Waals surface area contributed by atoms with Gasteiger partial charge in [0.05, 0.1) is 17.9 Å². The molecule has 28 heavy (non-hydrogen) atoms. The molecule has 1 aliphatic carbocycles. The SMILES string of the molecule is CC(CC1CCCCC1)NCc1ccccc1N1CNC(=O)c2ccccc21. The van der Waals surface area contributed by atoms with Crippen LogP contribution in [0.1, 0.15) is 61.4 Å². The Labute approximate surface area is 168 Å². The molecule has 0 saturated heterocycles. The smallest absolute Gasteiger partial charge is 0.254 e. The summed E-state index contributed by atoms with van der Waals surface area (Å²) in [5.74, 6) is 0.888. The quantitative estimate of drug-likeness (QED) is 0.747. The van der Waals surface area contributed by atoms with Crippen molar-refractivity contribution in [2.45, 2.75) is 58.0 Å². The molecular formula is C24H31N3O. The van der Waals surface area contributed by atoms with Crippen LogP contribution in [0.5, 0.6) is 0 Å². The number of nitrogens with zero attached hydrogens (tertiary/aromatic N) is 1. The van der Waals surface area contributed by atoms with Gasteiger partial charge in [-0.2, -0.15) is 0 Å². The summed E-state index contributed by atoms with van der Waals surface area (Å²) in [6, 6.07) is 16.9. The van der Waals surface area contributed by atoms with E-state index in [2.05, 4.69) is 46.7 Å². The fraction of sp³-hybridized carbons (Fsp3) is 0.458. The highest BCUT2D eigenvalue weighted by Crippen LogP contribution is 2.33. The van der Waals surface area contributed by atoms with E-state index < -0.39 is 0 Å². The molecule has 1 atom stereocenters. The maximum absolute atomic E-state index is 12.2. The van der Waals surface area contributed by atoms with Crippen LogP contribution in [0.4, 0.5) is 11.4 Å². The summed E-state index contributed by atoms with van der Waals surface area (Å²) in [6.45, 7) is 3.66. The van der Waals surface area contributed by atoms with Gasteiger partial charge in [-0.1, -0.05) is 62.4 Å². The first-order valence-electron chi connectivity index (χ1n) is 10.7. The van der Waals surface area contributed by atoms with Gasteiger partial charge in [0.15, 0.2) is 0 Å². The van der Waals surface area contributed by atoms with Crippen LogP contribution in [0, 0.1) is 5.92 Å². The van der Waals surface area contributed by atoms with Gasteiger partial charge in [-0.25, -0.2) is 0 Å². The van der Waals surface area contributed by atoms with E-state index in [0.717, 1.165) is 29.4 Å². The summed E-state index contributed by atoms with van der Waals surface area (Å²) in [5, 5.41) is 6.74. The van der Waals surface area contributed by atoms with Crippen LogP contribution in [0.25, 0.3) is 0 Å². The number of benzene rings is 2. The molecule has 1 fully saturated rings. The van der Waals surface area contributed by atoms with Gasteiger partial charge in [0.25, 0.3) is 5.91 Å². The zero-order valence-electron chi connectivity index (χ0n) is 16.8. The summed E-state index contributed by atoms with van der Waals surface area (Å²) in [6.07, 6.45) is 8.28. The number of amides is 1. The Morgan fingerprint density at radius 3 is 2.57 bits per heavy atom. The van der Waals surface area contributed by atoms with Crippen molar-refractivity contribution in [3.63, 3.8) is 0 Å². The first-order chi connectivity index (χ1) is 13.7. The third-order valence-corrected chi connectivity index (χ3v) is 6.17. The van der Waals surface area contributed by atoms with E-state index in [4.69, 9.17) is 0 Å². The minimum atomic E-state index is 0.00330. The van der Waals surface area contributed by atoms with Crippen LogP contribution >= 0.6 is 0 Å². The van der Waals surface area contributed by atoms with Crippen LogP contribution in [0.15, 0.2) is 48.5 Å². The third-order valence-electron chi connectivity index (χ3n) is 6.17. The predicted molar refractivity (Wildman–Crippen MR) is 115 cm³/mol. The highest BCUT2D eigenvalue weighted by Gasteiger charge is 2.24. The summed E-state index contributed by atoms with van der Waals surface area (Å²) >= 11 is 0. The van der Waals surface area contributed by atoms with E-state index in [1.165, 1.54) is 44.1 Å². The van der Waals surface area contributed by atoms with Gasteiger partial charge < -0.3 is 15.5 Å². The molecule has 1 heterocycles. The molecule has 0 radical (unpaired) electrons. The van der Waals surface area contributed by atoms with Crippen LogP contribution in [-0.2, 0) is 6.54 Å². The average molecular weight is 378 g/mol. The van der Waals surface area contributed by atoms with Gasteiger partial charge in [-0.15, -0.1) is 0 Å². The zero-order valence-corrected chi connectivity index (χ0v) is 16.8. The Kier molecular flexibility index (Phi) is 5.96. The molecule has 1 unspecified atom stereocenters. The summed E-state index contributed by atoms with van der Waals surface area (Å²) in [4.78, 5) is 14.4. The second-order valence-corrected chi connectivity index (χ2v) is 8.26. The zero-order chi connectivity index (χ0) is 19.3. The first kappa shape index (κ1) is 19.0. The molecular weight excluding hydrogens is 346 g/mol. The molecule has 148 valence electrons. The van der Waals surface area contributed by atoms with E-state index in [9.17, 15) is 4.79 Å². The summed E-state index contributed by atoms with van der Waals surface area (Å²) in [7, 11) is 0. The number of hydrogen-bond donors (Lipinski definition) is 2. The lowest BCUT2D eigenvalue weighted by Crippen LogP contribution is -2.41. The topological polar surface area (TPSA) is 44.4 Å². The van der Waals surface area contributed by atoms with Crippen LogP contribution < -0.4 is 15.5 Å². The maximum Gasteiger partial charge on any atom is 0.254 e. The summed E-state index contributed by atoms with van der Waals surface area (Å²) in [5.41, 5.74) is 4.15. The second kappa shape index (κ2) is 8.78. The maximum atomic E-state index is 12.2. The molecule has 2 aliphatic rings. The molecule has 2 aromatic carbocycles. The minimum absolute atomic E-state index is 0.00330. The molecule has 4 heteroatoms. The Morgan fingerprint density at radius 2 is 1.75 bits per heavy atom. The first-order valence-corrected chi connectivity index (χ1v) is 10.7. The number of anilines is 2. The van der Waals surface area contributed by atoms with Crippen LogP contribution in [0.2, 0.25) is 0 Å². The van der Waals surface area contributed by atoms with E-state index in [1.54, 1.807) is 0 Å². The molecule has 0 bridgehead atoms. The number of fused-ring (bicyclic) bond motifs is 1. The number of carbonyl (C=O) groups is 1. The lowest BCUT2D eigenvalue weighted by Gasteiger charge is -2.33. The van der Waals surface area contributed by atoms with E-state index in [1.807, 2.05) is 24.3 Å². The van der Waals surface area contributed by atoms with E-state index in [-0.39, 0.29) is 5.91 Å². The molecule has 2 N–H and O–H groups in total. The van der Waals surface area contributed by atoms with Gasteiger partial charge in [-0.05, 0) is 43.0 Å². The number of para-hydroxylation sites is 2. The number of hydrogen-bond acceptors (Lipinski definition) is 3. The number of carbonyl (C=O) groups excluding carboxylic acids is 1. The van der Waals surface area contributed by atoms with Crippen molar-refractivity contribution >= 4 is 17.3 Å². The number of rotatable bonds is 6. The Morgan fingerprint density at radius 1 is 1.04 bits per heavy atom. The highest BCUT2D eigenvalue weighted by atomic mass is 16.2. The Balaban J connectivity index is 1.47. The predicted octanol–water partition coefficient (Wildman–Crippen LogP) is 4.97. The molecule has 2 aromatic rings. The Bertz CT molecular complexity index is 813. The summed E-state index contributed by atoms with van der Waals surface area (Å²) < 4.78 is 0. The minimum Gasteiger partial charge on any atom is -0.334 e. The van der Waals surface area contributed by atoms with Crippen molar-refractivity contribution in [2.24, 2.45) is 5.92 Å². The van der Waals surface area contributed by atoms with Crippen molar-refractivity contribution in [1.29, 1.82) is 0 Å². The van der Waals surface area contributed by atoms with Crippen LogP contribution in [-0.4, -0.2) is 18.6 Å². The monoisotopic (exact) mass is 377 g/mol. The largest absolute Gasteiger partial charge is 0.334 e. The van der Waals surface area contributed by atoms with Crippen molar-refractivity contribution in [1.82, 2.24) is 10.6 Å². The van der Waals surface area contributed by atoms with Gasteiger partial charge in [0, 0.05) is 18.3 Å². The van der Waals surface area contributed by atoms with Gasteiger partial charge in [-0.3, -0.25) is 4.79 Å². The fourth-order valence-corrected chi connectivity index (χ4v) is 4.66. The highest BCUT2D eigenvalue weighted by molar-refractivity contribution is 6.02. The van der Waals surface area contributed by atoms with Gasteiger partial charge in [0.2, 0.25) is 0 Å². The van der Waals surface area contributed by atoms with Crippen molar-refractivity contribution in [3.05, 3.63) is 59.7 Å². The third kappa shape index (κ3) is 4.22. The van der Waals surface area contributed by atoms with Crippen molar-refractivity contribution in [3.8, 4) is 0 Å². The molecule has 4 nitrogen and oxygen atoms in total. The van der Waals surface area contributed by atoms with Gasteiger partial charge in [0.1, 0.15) is 0 Å². The standard InChI is InChI=1S/C24H31N3O/c1-18(15-19-9-3-2-4-10-19)25-16-20-11-5-7-13-22(20)27-17-26-24(28)21-12-6-8-14-23(21)27/h5-8,11-14,18-19,25H,2-4,9-10,15-17H2,1H3,(H,26,28). The molecule has 0 aromatic heterocycles. The fourth-order valence-electron chi connectivity index (χ4n) is 4.66. The van der Waals surface area contributed by atoms with Crippen LogP contribution in [0.3, 0.4) is 0 Å². The Hall–Kier alpha value is -2.33.